The van der Waals surface area contributed by atoms with E-state index < -0.39 is 12.0 Å². The lowest BCUT2D eigenvalue weighted by Gasteiger charge is -2.25. The van der Waals surface area contributed by atoms with Gasteiger partial charge in [-0.3, -0.25) is 20.4 Å². The zero-order valence-corrected chi connectivity index (χ0v) is 12.4. The van der Waals surface area contributed by atoms with Crippen molar-refractivity contribution in [3.63, 3.8) is 0 Å². The van der Waals surface area contributed by atoms with Gasteiger partial charge in [-0.15, -0.1) is 11.3 Å². The van der Waals surface area contributed by atoms with E-state index in [1.165, 1.54) is 11.3 Å². The predicted octanol–water partition coefficient (Wildman–Crippen LogP) is 1.28. The fourth-order valence-electron chi connectivity index (χ4n) is 1.98. The average molecular weight is 318 g/mol. The second-order valence-corrected chi connectivity index (χ2v) is 5.69. The van der Waals surface area contributed by atoms with Crippen molar-refractivity contribution in [2.45, 2.75) is 12.5 Å². The minimum absolute atomic E-state index is 0.101. The highest BCUT2D eigenvalue weighted by molar-refractivity contribution is 7.10. The molecule has 1 atom stereocenters. The molecule has 0 spiro atoms. The molecule has 22 heavy (non-hydrogen) atoms. The van der Waals surface area contributed by atoms with Crippen LogP contribution in [-0.4, -0.2) is 24.5 Å². The number of ether oxygens (including phenoxy) is 2. The first-order chi connectivity index (χ1) is 10.7. The Morgan fingerprint density at radius 1 is 1.14 bits per heavy atom. The molecule has 0 aliphatic carbocycles. The van der Waals surface area contributed by atoms with E-state index in [1.54, 1.807) is 18.2 Å². The van der Waals surface area contributed by atoms with Crippen molar-refractivity contribution in [1.82, 2.24) is 10.9 Å². The summed E-state index contributed by atoms with van der Waals surface area (Å²) in [7, 11) is 0. The molecule has 0 unspecified atom stereocenters. The number of nitrogens with one attached hydrogen (secondary N) is 2. The molecule has 0 radical (unpaired) electrons. The van der Waals surface area contributed by atoms with Gasteiger partial charge in [-0.05, 0) is 23.6 Å². The number of thiophene rings is 1. The summed E-state index contributed by atoms with van der Waals surface area (Å²) in [5, 5.41) is 1.89. The molecule has 114 valence electrons. The molecule has 2 amide bonds. The third-order valence-corrected chi connectivity index (χ3v) is 3.92. The van der Waals surface area contributed by atoms with Crippen molar-refractivity contribution in [3.05, 3.63) is 46.7 Å². The Hall–Kier alpha value is -2.54. The second-order valence-electron chi connectivity index (χ2n) is 4.66. The van der Waals surface area contributed by atoms with E-state index in [0.29, 0.717) is 11.5 Å². The van der Waals surface area contributed by atoms with E-state index in [2.05, 4.69) is 10.9 Å². The van der Waals surface area contributed by atoms with E-state index in [9.17, 15) is 9.59 Å². The molecule has 1 aliphatic rings. The molecular weight excluding hydrogens is 304 g/mol. The monoisotopic (exact) mass is 318 g/mol. The smallest absolute Gasteiger partial charge is 0.283 e. The molecular formula is C15H14N2O4S. The van der Waals surface area contributed by atoms with Crippen molar-refractivity contribution >= 4 is 23.2 Å². The number of para-hydroxylation sites is 2. The second kappa shape index (κ2) is 6.48. The third kappa shape index (κ3) is 3.37. The largest absolute Gasteiger partial charge is 0.485 e. The van der Waals surface area contributed by atoms with Crippen LogP contribution in [0.2, 0.25) is 0 Å². The maximum atomic E-state index is 12.0. The molecule has 1 aromatic carbocycles. The van der Waals surface area contributed by atoms with Gasteiger partial charge >= 0.3 is 0 Å². The van der Waals surface area contributed by atoms with Crippen molar-refractivity contribution in [1.29, 1.82) is 0 Å². The lowest BCUT2D eigenvalue weighted by molar-refractivity contribution is -0.134. The molecule has 0 saturated carbocycles. The maximum absolute atomic E-state index is 12.0. The Balaban J connectivity index is 1.49. The van der Waals surface area contributed by atoms with Crippen LogP contribution in [0.25, 0.3) is 0 Å². The topological polar surface area (TPSA) is 76.7 Å². The molecule has 3 rings (SSSR count). The molecule has 2 aromatic rings. The van der Waals surface area contributed by atoms with Gasteiger partial charge in [0.25, 0.3) is 5.91 Å². The van der Waals surface area contributed by atoms with Gasteiger partial charge in [-0.25, -0.2) is 0 Å². The highest BCUT2D eigenvalue weighted by Crippen LogP contribution is 2.30. The zero-order chi connectivity index (χ0) is 15.4. The van der Waals surface area contributed by atoms with E-state index in [4.69, 9.17) is 9.47 Å². The van der Waals surface area contributed by atoms with Gasteiger partial charge in [0.1, 0.15) is 6.61 Å². The normalized spacial score (nSPS) is 15.9. The van der Waals surface area contributed by atoms with E-state index >= 15 is 0 Å². The lowest BCUT2D eigenvalue weighted by atomic mass is 10.2. The van der Waals surface area contributed by atoms with Gasteiger partial charge in [0.2, 0.25) is 12.0 Å². The number of carbonyl (C=O) groups is 2. The van der Waals surface area contributed by atoms with Crippen LogP contribution in [0.4, 0.5) is 0 Å². The summed E-state index contributed by atoms with van der Waals surface area (Å²) in [5.74, 6) is 0.383. The van der Waals surface area contributed by atoms with Gasteiger partial charge in [-0.1, -0.05) is 18.2 Å². The summed E-state index contributed by atoms with van der Waals surface area (Å²) < 4.78 is 11.0. The molecule has 7 heteroatoms. The summed E-state index contributed by atoms with van der Waals surface area (Å²) in [6, 6.07) is 10.9. The summed E-state index contributed by atoms with van der Waals surface area (Å²) >= 11 is 1.49. The highest BCUT2D eigenvalue weighted by atomic mass is 32.1. The molecule has 1 aromatic heterocycles. The Bertz CT molecular complexity index is 672. The third-order valence-electron chi connectivity index (χ3n) is 3.04. The van der Waals surface area contributed by atoms with Crippen LogP contribution in [0.15, 0.2) is 41.8 Å². The van der Waals surface area contributed by atoms with Crippen molar-refractivity contribution < 1.29 is 19.1 Å². The van der Waals surface area contributed by atoms with Crippen LogP contribution in [0.3, 0.4) is 0 Å². The van der Waals surface area contributed by atoms with E-state index in [-0.39, 0.29) is 18.9 Å². The molecule has 2 N–H and O–H groups in total. The average Bonchev–Trinajstić information content (AvgIpc) is 3.05. The van der Waals surface area contributed by atoms with Gasteiger partial charge in [-0.2, -0.15) is 0 Å². The van der Waals surface area contributed by atoms with Gasteiger partial charge in [0, 0.05) is 4.88 Å². The molecule has 0 saturated heterocycles. The molecule has 6 nitrogen and oxygen atoms in total. The standard InChI is InChI=1S/C15H14N2O4S/c18-14(8-10-4-3-7-22-10)16-17-15(19)13-9-20-11-5-1-2-6-12(11)21-13/h1-7,13H,8-9H2,(H,16,18)(H,17,19)/t13-/m1/s1. The number of amides is 2. The SMILES string of the molecule is O=C(Cc1cccs1)NNC(=O)[C@H]1COc2ccccc2O1. The van der Waals surface area contributed by atoms with Crippen molar-refractivity contribution in [2.75, 3.05) is 6.61 Å². The summed E-state index contributed by atoms with van der Waals surface area (Å²) in [6.07, 6.45) is -0.569. The molecule has 1 aliphatic heterocycles. The van der Waals surface area contributed by atoms with Crippen LogP contribution in [0.5, 0.6) is 11.5 Å². The Morgan fingerprint density at radius 3 is 2.73 bits per heavy atom. The van der Waals surface area contributed by atoms with Crippen LogP contribution < -0.4 is 20.3 Å². The zero-order valence-electron chi connectivity index (χ0n) is 11.6. The van der Waals surface area contributed by atoms with Gasteiger partial charge in [0.05, 0.1) is 6.42 Å². The minimum atomic E-state index is -0.795. The minimum Gasteiger partial charge on any atom is -0.485 e. The van der Waals surface area contributed by atoms with E-state index in [1.807, 2.05) is 23.6 Å². The quantitative estimate of drug-likeness (QED) is 0.836. The first kappa shape index (κ1) is 14.4. The van der Waals surface area contributed by atoms with Crippen molar-refractivity contribution in [3.8, 4) is 11.5 Å². The molecule has 2 heterocycles. The number of hydrazine groups is 1. The highest BCUT2D eigenvalue weighted by Gasteiger charge is 2.27. The summed E-state index contributed by atoms with van der Waals surface area (Å²) in [6.45, 7) is 0.101. The van der Waals surface area contributed by atoms with Crippen LogP contribution >= 0.6 is 11.3 Å². The van der Waals surface area contributed by atoms with Crippen LogP contribution in [0.1, 0.15) is 4.88 Å². The number of rotatable bonds is 3. The maximum Gasteiger partial charge on any atom is 0.283 e. The lowest BCUT2D eigenvalue weighted by Crippen LogP contribution is -2.51. The molecule has 0 fully saturated rings. The Labute approximate surface area is 131 Å². The predicted molar refractivity (Wildman–Crippen MR) is 80.7 cm³/mol. The Kier molecular flexibility index (Phi) is 4.24. The van der Waals surface area contributed by atoms with Crippen LogP contribution in [-0.2, 0) is 16.0 Å². The number of hydrogen-bond acceptors (Lipinski definition) is 5. The summed E-state index contributed by atoms with van der Waals surface area (Å²) in [5.41, 5.74) is 4.73. The fourth-order valence-corrected chi connectivity index (χ4v) is 2.68. The van der Waals surface area contributed by atoms with Gasteiger partial charge in [0.15, 0.2) is 11.5 Å². The van der Waals surface area contributed by atoms with Crippen molar-refractivity contribution in [2.24, 2.45) is 0 Å². The molecule has 0 bridgehead atoms. The summed E-state index contributed by atoms with van der Waals surface area (Å²) in [4.78, 5) is 24.6. The fraction of sp³-hybridized carbons (Fsp3) is 0.200. The van der Waals surface area contributed by atoms with Gasteiger partial charge < -0.3 is 9.47 Å². The number of benzene rings is 1. The van der Waals surface area contributed by atoms with Crippen LogP contribution in [0, 0.1) is 0 Å². The first-order valence-electron chi connectivity index (χ1n) is 6.72. The number of fused-ring (bicyclic) bond motifs is 1. The Morgan fingerprint density at radius 2 is 1.95 bits per heavy atom. The number of hydrogen-bond donors (Lipinski definition) is 2. The number of carbonyl (C=O) groups excluding carboxylic acids is 2. The van der Waals surface area contributed by atoms with E-state index in [0.717, 1.165) is 4.88 Å². The first-order valence-corrected chi connectivity index (χ1v) is 7.60.